The summed E-state index contributed by atoms with van der Waals surface area (Å²) in [5, 5.41) is 4.89. The van der Waals surface area contributed by atoms with Crippen LogP contribution in [0.5, 0.6) is 0 Å². The highest BCUT2D eigenvalue weighted by molar-refractivity contribution is 7.89. The topological polar surface area (TPSA) is 131 Å². The Labute approximate surface area is 176 Å². The van der Waals surface area contributed by atoms with Gasteiger partial charge in [0.1, 0.15) is 6.04 Å². The van der Waals surface area contributed by atoms with Crippen LogP contribution >= 0.6 is 0 Å². The average molecular weight is 442 g/mol. The van der Waals surface area contributed by atoms with E-state index in [1.165, 1.54) is 35.6 Å². The lowest BCUT2D eigenvalue weighted by Crippen LogP contribution is -2.46. The lowest BCUT2D eigenvalue weighted by Gasteiger charge is -2.26. The van der Waals surface area contributed by atoms with E-state index in [1.54, 1.807) is 13.8 Å². The van der Waals surface area contributed by atoms with Gasteiger partial charge in [0.05, 0.1) is 18.1 Å². The van der Waals surface area contributed by atoms with Gasteiger partial charge < -0.3 is 20.1 Å². The molecule has 1 aromatic carbocycles. The molecule has 0 aliphatic carbocycles. The van der Waals surface area contributed by atoms with Gasteiger partial charge in [-0.2, -0.15) is 4.31 Å². The van der Waals surface area contributed by atoms with Crippen molar-refractivity contribution in [1.29, 1.82) is 0 Å². The number of amides is 2. The minimum atomic E-state index is -3.76. The van der Waals surface area contributed by atoms with E-state index in [0.29, 0.717) is 13.2 Å². The van der Waals surface area contributed by atoms with Crippen LogP contribution in [0, 0.1) is 5.92 Å². The van der Waals surface area contributed by atoms with Crippen LogP contribution in [0.4, 0.5) is 0 Å². The van der Waals surface area contributed by atoms with Crippen LogP contribution in [-0.4, -0.2) is 76.5 Å². The molecular formula is C19H27N3O7S. The number of nitrogens with zero attached hydrogens (tertiary/aromatic N) is 1. The van der Waals surface area contributed by atoms with Gasteiger partial charge in [0.15, 0.2) is 6.61 Å². The molecule has 10 nitrogen and oxygen atoms in total. The number of carbonyl (C=O) groups is 3. The molecule has 2 amide bonds. The van der Waals surface area contributed by atoms with Gasteiger partial charge >= 0.3 is 5.97 Å². The van der Waals surface area contributed by atoms with Crippen molar-refractivity contribution >= 4 is 27.8 Å². The number of esters is 1. The van der Waals surface area contributed by atoms with Crippen molar-refractivity contribution in [3.63, 3.8) is 0 Å². The number of rotatable bonds is 8. The van der Waals surface area contributed by atoms with Crippen LogP contribution in [0.2, 0.25) is 0 Å². The molecule has 1 fully saturated rings. The molecule has 1 saturated heterocycles. The largest absolute Gasteiger partial charge is 0.454 e. The molecule has 0 bridgehead atoms. The van der Waals surface area contributed by atoms with Crippen LogP contribution in [0.1, 0.15) is 24.2 Å². The van der Waals surface area contributed by atoms with Crippen LogP contribution in [0.25, 0.3) is 0 Å². The summed E-state index contributed by atoms with van der Waals surface area (Å²) in [5.74, 6) is -2.16. The highest BCUT2D eigenvalue weighted by Gasteiger charge is 2.29. The molecule has 0 unspecified atom stereocenters. The second kappa shape index (κ2) is 10.5. The summed E-state index contributed by atoms with van der Waals surface area (Å²) < 4.78 is 37.0. The van der Waals surface area contributed by atoms with E-state index in [9.17, 15) is 22.8 Å². The van der Waals surface area contributed by atoms with Gasteiger partial charge in [0.25, 0.3) is 11.8 Å². The number of likely N-dealkylation sites (N-methyl/N-ethyl adjacent to an activating group) is 1. The predicted octanol–water partition coefficient (Wildman–Crippen LogP) is -0.249. The third-order valence-electron chi connectivity index (χ3n) is 4.54. The fourth-order valence-electron chi connectivity index (χ4n) is 2.75. The monoisotopic (exact) mass is 441 g/mol. The van der Waals surface area contributed by atoms with Gasteiger partial charge in [-0.15, -0.1) is 0 Å². The van der Waals surface area contributed by atoms with E-state index in [0.717, 1.165) is 0 Å². The first kappa shape index (κ1) is 23.8. The highest BCUT2D eigenvalue weighted by Crippen LogP contribution is 2.18. The molecule has 0 aromatic heterocycles. The molecule has 166 valence electrons. The van der Waals surface area contributed by atoms with Crippen LogP contribution < -0.4 is 10.6 Å². The maximum atomic E-state index is 12.8. The Hall–Kier alpha value is -2.50. The summed E-state index contributed by atoms with van der Waals surface area (Å²) in [7, 11) is -2.35. The number of benzene rings is 1. The van der Waals surface area contributed by atoms with Crippen molar-refractivity contribution in [1.82, 2.24) is 14.9 Å². The van der Waals surface area contributed by atoms with E-state index in [2.05, 4.69) is 10.6 Å². The molecule has 0 saturated carbocycles. The Morgan fingerprint density at radius 1 is 1.20 bits per heavy atom. The lowest BCUT2D eigenvalue weighted by molar-refractivity contribution is -0.151. The Bertz CT molecular complexity index is 880. The van der Waals surface area contributed by atoms with Crippen LogP contribution in [0.3, 0.4) is 0 Å². The molecule has 0 radical (unpaired) electrons. The zero-order valence-electron chi connectivity index (χ0n) is 17.2. The summed E-state index contributed by atoms with van der Waals surface area (Å²) in [6.45, 7) is 4.08. The van der Waals surface area contributed by atoms with Crippen molar-refractivity contribution in [2.75, 3.05) is 40.0 Å². The van der Waals surface area contributed by atoms with Crippen molar-refractivity contribution in [2.45, 2.75) is 24.8 Å². The van der Waals surface area contributed by atoms with Crippen molar-refractivity contribution in [3.05, 3.63) is 29.8 Å². The number of morpholine rings is 1. The number of nitrogens with one attached hydrogen (secondary N) is 2. The smallest absolute Gasteiger partial charge is 0.329 e. The van der Waals surface area contributed by atoms with Crippen LogP contribution in [-0.2, 0) is 29.1 Å². The van der Waals surface area contributed by atoms with Crippen LogP contribution in [0.15, 0.2) is 29.2 Å². The Kier molecular flexibility index (Phi) is 8.33. The third kappa shape index (κ3) is 6.00. The zero-order chi connectivity index (χ0) is 22.3. The molecule has 0 spiro atoms. The third-order valence-corrected chi connectivity index (χ3v) is 6.43. The van der Waals surface area contributed by atoms with Crippen molar-refractivity contribution in [3.8, 4) is 0 Å². The SMILES string of the molecule is CNC(=O)COC(=O)[C@@H](NC(=O)c1cccc(S(=O)(=O)N2CCOCC2)c1)C(C)C. The second-order valence-electron chi connectivity index (χ2n) is 7.02. The number of carbonyl (C=O) groups excluding carboxylic acids is 3. The maximum Gasteiger partial charge on any atom is 0.329 e. The minimum Gasteiger partial charge on any atom is -0.454 e. The van der Waals surface area contributed by atoms with Gasteiger partial charge in [-0.3, -0.25) is 9.59 Å². The van der Waals surface area contributed by atoms with Gasteiger partial charge in [-0.05, 0) is 24.1 Å². The molecule has 1 aromatic rings. The Morgan fingerprint density at radius 2 is 1.87 bits per heavy atom. The molecule has 1 atom stereocenters. The first-order valence-electron chi connectivity index (χ1n) is 9.53. The molecule has 30 heavy (non-hydrogen) atoms. The molecule has 2 N–H and O–H groups in total. The summed E-state index contributed by atoms with van der Waals surface area (Å²) in [4.78, 5) is 36.2. The fourth-order valence-corrected chi connectivity index (χ4v) is 4.21. The molecule has 2 rings (SSSR count). The van der Waals surface area contributed by atoms with Gasteiger partial charge in [-0.1, -0.05) is 19.9 Å². The summed E-state index contributed by atoms with van der Waals surface area (Å²) in [5.41, 5.74) is 0.0917. The zero-order valence-corrected chi connectivity index (χ0v) is 18.0. The Morgan fingerprint density at radius 3 is 2.47 bits per heavy atom. The molecule has 1 aliphatic heterocycles. The van der Waals surface area contributed by atoms with E-state index in [4.69, 9.17) is 9.47 Å². The minimum absolute atomic E-state index is 0.0136. The highest BCUT2D eigenvalue weighted by atomic mass is 32.2. The number of hydrogen-bond acceptors (Lipinski definition) is 7. The summed E-state index contributed by atoms with van der Waals surface area (Å²) in [6, 6.07) is 4.62. The van der Waals surface area contributed by atoms with Gasteiger partial charge in [0.2, 0.25) is 10.0 Å². The lowest BCUT2D eigenvalue weighted by atomic mass is 10.0. The summed E-state index contributed by atoms with van der Waals surface area (Å²) in [6.07, 6.45) is 0. The molecule has 1 aliphatic rings. The molecule has 11 heteroatoms. The first-order valence-corrected chi connectivity index (χ1v) is 11.0. The van der Waals surface area contributed by atoms with E-state index < -0.39 is 40.5 Å². The molecule has 1 heterocycles. The Balaban J connectivity index is 2.14. The van der Waals surface area contributed by atoms with E-state index in [1.807, 2.05) is 0 Å². The predicted molar refractivity (Wildman–Crippen MR) is 107 cm³/mol. The molecular weight excluding hydrogens is 414 g/mol. The quantitative estimate of drug-likeness (QED) is 0.532. The standard InChI is InChI=1S/C19H27N3O7S/c1-13(2)17(19(25)29-12-16(23)20-3)21-18(24)14-5-4-6-15(11-14)30(26,27)22-7-9-28-10-8-22/h4-6,11,13,17H,7-10,12H2,1-3H3,(H,20,23)(H,21,24)/t17-/m0/s1. The van der Waals surface area contributed by atoms with E-state index >= 15 is 0 Å². The van der Waals surface area contributed by atoms with E-state index in [-0.39, 0.29) is 29.5 Å². The first-order chi connectivity index (χ1) is 14.2. The number of hydrogen-bond donors (Lipinski definition) is 2. The van der Waals surface area contributed by atoms with Gasteiger partial charge in [-0.25, -0.2) is 13.2 Å². The second-order valence-corrected chi connectivity index (χ2v) is 8.96. The normalized spacial score (nSPS) is 16.0. The summed E-state index contributed by atoms with van der Waals surface area (Å²) >= 11 is 0. The maximum absolute atomic E-state index is 12.8. The fraction of sp³-hybridized carbons (Fsp3) is 0.526. The van der Waals surface area contributed by atoms with Crippen molar-refractivity contribution < 1.29 is 32.3 Å². The average Bonchev–Trinajstić information content (AvgIpc) is 2.75. The van der Waals surface area contributed by atoms with Crippen molar-refractivity contribution in [2.24, 2.45) is 5.92 Å². The number of sulfonamides is 1. The van der Waals surface area contributed by atoms with Gasteiger partial charge in [0, 0.05) is 25.7 Å². The number of ether oxygens (including phenoxy) is 2.